The minimum atomic E-state index is 0.0310. The van der Waals surface area contributed by atoms with Crippen molar-refractivity contribution in [3.8, 4) is 11.5 Å². The van der Waals surface area contributed by atoms with Gasteiger partial charge in [0, 0.05) is 17.6 Å². The lowest BCUT2D eigenvalue weighted by atomic mass is 10.1. The van der Waals surface area contributed by atoms with Crippen LogP contribution in [-0.4, -0.2) is 22.9 Å². The summed E-state index contributed by atoms with van der Waals surface area (Å²) < 4.78 is 5.80. The molecule has 116 valence electrons. The Kier molecular flexibility index (Phi) is 5.21. The number of para-hydroxylation sites is 1. The Morgan fingerprint density at radius 2 is 1.45 bits per heavy atom. The zero-order valence-electron chi connectivity index (χ0n) is 13.6. The molecule has 0 aromatic heterocycles. The van der Waals surface area contributed by atoms with Crippen molar-refractivity contribution in [3.05, 3.63) is 60.2 Å². The van der Waals surface area contributed by atoms with Crippen LogP contribution in [0.15, 0.2) is 54.6 Å². The van der Waals surface area contributed by atoms with E-state index in [0.717, 1.165) is 5.75 Å². The summed E-state index contributed by atoms with van der Waals surface area (Å²) in [5.74, 6) is 1.46. The van der Waals surface area contributed by atoms with Gasteiger partial charge in [0.15, 0.2) is 0 Å². The predicted molar refractivity (Wildman–Crippen MR) is 89.4 cm³/mol. The van der Waals surface area contributed by atoms with E-state index < -0.39 is 0 Å². The van der Waals surface area contributed by atoms with E-state index in [1.165, 1.54) is 0 Å². The van der Waals surface area contributed by atoms with Gasteiger partial charge in [0.2, 0.25) is 0 Å². The summed E-state index contributed by atoms with van der Waals surface area (Å²) in [5, 5.41) is 0. The fraction of sp³-hybridized carbons (Fsp3) is 0.316. The Balaban J connectivity index is 2.22. The molecule has 0 spiro atoms. The monoisotopic (exact) mass is 297 g/mol. The van der Waals surface area contributed by atoms with Crippen molar-refractivity contribution in [1.29, 1.82) is 0 Å². The van der Waals surface area contributed by atoms with E-state index in [1.54, 1.807) is 6.07 Å². The fourth-order valence-electron chi connectivity index (χ4n) is 2.53. The van der Waals surface area contributed by atoms with Crippen LogP contribution < -0.4 is 4.74 Å². The van der Waals surface area contributed by atoms with Crippen LogP contribution in [0.25, 0.3) is 0 Å². The molecule has 2 rings (SSSR count). The highest BCUT2D eigenvalue weighted by molar-refractivity contribution is 5.95. The van der Waals surface area contributed by atoms with Crippen LogP contribution >= 0.6 is 0 Å². The van der Waals surface area contributed by atoms with Crippen molar-refractivity contribution in [1.82, 2.24) is 4.90 Å². The molecule has 0 heterocycles. The summed E-state index contributed by atoms with van der Waals surface area (Å²) in [4.78, 5) is 14.6. The summed E-state index contributed by atoms with van der Waals surface area (Å²) in [5.41, 5.74) is 0.649. The summed E-state index contributed by atoms with van der Waals surface area (Å²) in [6, 6.07) is 17.2. The van der Waals surface area contributed by atoms with Crippen LogP contribution in [0.4, 0.5) is 0 Å². The van der Waals surface area contributed by atoms with Crippen molar-refractivity contribution in [2.24, 2.45) is 0 Å². The van der Waals surface area contributed by atoms with Crippen molar-refractivity contribution in [2.45, 2.75) is 39.8 Å². The number of carbonyl (C=O) groups excluding carboxylic acids is 1. The number of ether oxygens (including phenoxy) is 1. The third-order valence-corrected chi connectivity index (χ3v) is 3.41. The first kappa shape index (κ1) is 16.1. The highest BCUT2D eigenvalue weighted by Gasteiger charge is 2.21. The summed E-state index contributed by atoms with van der Waals surface area (Å²) >= 11 is 0. The van der Waals surface area contributed by atoms with Gasteiger partial charge in [-0.3, -0.25) is 4.79 Å². The molecule has 0 fully saturated rings. The molecule has 0 saturated heterocycles. The average Bonchev–Trinajstić information content (AvgIpc) is 2.47. The van der Waals surface area contributed by atoms with Crippen LogP contribution in [0.1, 0.15) is 38.1 Å². The Labute approximate surface area is 132 Å². The first-order valence-corrected chi connectivity index (χ1v) is 7.64. The maximum atomic E-state index is 12.7. The quantitative estimate of drug-likeness (QED) is 0.798. The second kappa shape index (κ2) is 7.12. The summed E-state index contributed by atoms with van der Waals surface area (Å²) in [6.07, 6.45) is 0. The van der Waals surface area contributed by atoms with Gasteiger partial charge < -0.3 is 9.64 Å². The normalized spacial score (nSPS) is 10.8. The molecule has 0 aliphatic heterocycles. The highest BCUT2D eigenvalue weighted by atomic mass is 16.5. The SMILES string of the molecule is CC(C)N(C(=O)c1cccc(Oc2ccccc2)c1)C(C)C. The minimum Gasteiger partial charge on any atom is -0.457 e. The third-order valence-electron chi connectivity index (χ3n) is 3.41. The van der Waals surface area contributed by atoms with E-state index >= 15 is 0 Å². The van der Waals surface area contributed by atoms with Gasteiger partial charge in [0.25, 0.3) is 5.91 Å². The maximum Gasteiger partial charge on any atom is 0.254 e. The smallest absolute Gasteiger partial charge is 0.254 e. The number of rotatable bonds is 5. The number of carbonyl (C=O) groups is 1. The maximum absolute atomic E-state index is 12.7. The molecule has 2 aromatic rings. The van der Waals surface area contributed by atoms with Crippen LogP contribution in [-0.2, 0) is 0 Å². The molecule has 0 aliphatic rings. The number of hydrogen-bond acceptors (Lipinski definition) is 2. The molecule has 0 aliphatic carbocycles. The summed E-state index contributed by atoms with van der Waals surface area (Å²) in [7, 11) is 0. The van der Waals surface area contributed by atoms with Gasteiger partial charge in [-0.05, 0) is 58.0 Å². The molecule has 2 aromatic carbocycles. The Hall–Kier alpha value is -2.29. The third kappa shape index (κ3) is 3.88. The van der Waals surface area contributed by atoms with Gasteiger partial charge in [-0.25, -0.2) is 0 Å². The first-order valence-electron chi connectivity index (χ1n) is 7.64. The first-order chi connectivity index (χ1) is 10.5. The summed E-state index contributed by atoms with van der Waals surface area (Å²) in [6.45, 7) is 8.12. The van der Waals surface area contributed by atoms with Crippen LogP contribution in [0.2, 0.25) is 0 Å². The Morgan fingerprint density at radius 1 is 0.864 bits per heavy atom. The second-order valence-corrected chi connectivity index (χ2v) is 5.84. The number of benzene rings is 2. The molecular weight excluding hydrogens is 274 g/mol. The zero-order valence-corrected chi connectivity index (χ0v) is 13.6. The lowest BCUT2D eigenvalue weighted by Crippen LogP contribution is -2.42. The van der Waals surface area contributed by atoms with Crippen LogP contribution in [0, 0.1) is 0 Å². The van der Waals surface area contributed by atoms with Gasteiger partial charge in [-0.1, -0.05) is 24.3 Å². The van der Waals surface area contributed by atoms with Gasteiger partial charge >= 0.3 is 0 Å². The largest absolute Gasteiger partial charge is 0.457 e. The van der Waals surface area contributed by atoms with E-state index in [0.29, 0.717) is 11.3 Å². The average molecular weight is 297 g/mol. The van der Waals surface area contributed by atoms with E-state index in [9.17, 15) is 4.79 Å². The lowest BCUT2D eigenvalue weighted by molar-refractivity contribution is 0.0643. The van der Waals surface area contributed by atoms with Crippen molar-refractivity contribution < 1.29 is 9.53 Å². The van der Waals surface area contributed by atoms with E-state index in [4.69, 9.17) is 4.74 Å². The Bertz CT molecular complexity index is 612. The number of hydrogen-bond donors (Lipinski definition) is 0. The van der Waals surface area contributed by atoms with Crippen molar-refractivity contribution >= 4 is 5.91 Å². The van der Waals surface area contributed by atoms with Gasteiger partial charge in [-0.2, -0.15) is 0 Å². The molecule has 0 atom stereocenters. The molecule has 0 unspecified atom stereocenters. The number of nitrogens with zero attached hydrogens (tertiary/aromatic N) is 1. The second-order valence-electron chi connectivity index (χ2n) is 5.84. The molecular formula is C19H23NO2. The molecule has 22 heavy (non-hydrogen) atoms. The predicted octanol–water partition coefficient (Wildman–Crippen LogP) is 4.74. The van der Waals surface area contributed by atoms with Gasteiger partial charge in [0.1, 0.15) is 11.5 Å². The molecule has 0 N–H and O–H groups in total. The molecule has 1 amide bonds. The van der Waals surface area contributed by atoms with Crippen molar-refractivity contribution in [3.63, 3.8) is 0 Å². The molecule has 0 saturated carbocycles. The topological polar surface area (TPSA) is 29.5 Å². The molecule has 3 nitrogen and oxygen atoms in total. The van der Waals surface area contributed by atoms with Crippen molar-refractivity contribution in [2.75, 3.05) is 0 Å². The van der Waals surface area contributed by atoms with Crippen LogP contribution in [0.5, 0.6) is 11.5 Å². The van der Waals surface area contributed by atoms with Gasteiger partial charge in [-0.15, -0.1) is 0 Å². The fourth-order valence-corrected chi connectivity index (χ4v) is 2.53. The molecule has 0 bridgehead atoms. The minimum absolute atomic E-state index is 0.0310. The molecule has 0 radical (unpaired) electrons. The standard InChI is InChI=1S/C19H23NO2/c1-14(2)20(15(3)4)19(21)16-9-8-12-18(13-16)22-17-10-6-5-7-11-17/h5-15H,1-4H3. The molecule has 3 heteroatoms. The Morgan fingerprint density at radius 3 is 2.05 bits per heavy atom. The lowest BCUT2D eigenvalue weighted by Gasteiger charge is -2.31. The van der Waals surface area contributed by atoms with Crippen LogP contribution in [0.3, 0.4) is 0 Å². The highest BCUT2D eigenvalue weighted by Crippen LogP contribution is 2.23. The van der Waals surface area contributed by atoms with E-state index in [-0.39, 0.29) is 18.0 Å². The number of amides is 1. The van der Waals surface area contributed by atoms with E-state index in [1.807, 2.05) is 81.1 Å². The van der Waals surface area contributed by atoms with Gasteiger partial charge in [0.05, 0.1) is 0 Å². The zero-order chi connectivity index (χ0) is 16.1. The van der Waals surface area contributed by atoms with E-state index in [2.05, 4.69) is 0 Å².